The second-order valence-electron chi connectivity index (χ2n) is 6.17. The molecule has 0 spiro atoms. The van der Waals surface area contributed by atoms with Gasteiger partial charge in [0.2, 0.25) is 0 Å². The van der Waals surface area contributed by atoms with Gasteiger partial charge in [-0.2, -0.15) is 0 Å². The fourth-order valence-corrected chi connectivity index (χ4v) is 1.98. The van der Waals surface area contributed by atoms with Gasteiger partial charge in [-0.25, -0.2) is 0 Å². The van der Waals surface area contributed by atoms with E-state index in [4.69, 9.17) is 0 Å². The molecule has 0 aliphatic carbocycles. The van der Waals surface area contributed by atoms with Crippen LogP contribution in [0.25, 0.3) is 0 Å². The SMILES string of the molecule is CC(C)CN(CCN(C)C)CC(NC(C)C)C(=O)O. The van der Waals surface area contributed by atoms with Gasteiger partial charge in [0.05, 0.1) is 0 Å². The maximum atomic E-state index is 11.3. The predicted octanol–water partition coefficient (Wildman–Crippen LogP) is 0.957. The normalized spacial score (nSPS) is 13.8. The Morgan fingerprint density at radius 3 is 2.05 bits per heavy atom. The number of carboxylic acids is 1. The first-order chi connectivity index (χ1) is 8.72. The Hall–Kier alpha value is -0.650. The van der Waals surface area contributed by atoms with Crippen LogP contribution in [0, 0.1) is 5.92 Å². The quantitative estimate of drug-likeness (QED) is 0.621. The maximum Gasteiger partial charge on any atom is 0.322 e. The largest absolute Gasteiger partial charge is 0.480 e. The smallest absolute Gasteiger partial charge is 0.322 e. The number of carbonyl (C=O) groups is 1. The molecule has 0 aromatic rings. The van der Waals surface area contributed by atoms with E-state index in [9.17, 15) is 9.90 Å². The van der Waals surface area contributed by atoms with Crippen LogP contribution in [-0.2, 0) is 4.79 Å². The number of nitrogens with zero attached hydrogens (tertiary/aromatic N) is 2. The van der Waals surface area contributed by atoms with Crippen LogP contribution in [-0.4, -0.2) is 73.2 Å². The second-order valence-corrected chi connectivity index (χ2v) is 6.17. The van der Waals surface area contributed by atoms with Crippen molar-refractivity contribution in [3.05, 3.63) is 0 Å². The lowest BCUT2D eigenvalue weighted by Gasteiger charge is -2.29. The summed E-state index contributed by atoms with van der Waals surface area (Å²) in [6, 6.07) is -0.322. The lowest BCUT2D eigenvalue weighted by atomic mass is 10.1. The van der Waals surface area contributed by atoms with Crippen LogP contribution in [0.5, 0.6) is 0 Å². The minimum absolute atomic E-state index is 0.177. The van der Waals surface area contributed by atoms with Crippen molar-refractivity contribution in [1.82, 2.24) is 15.1 Å². The highest BCUT2D eigenvalue weighted by Gasteiger charge is 2.21. The zero-order valence-corrected chi connectivity index (χ0v) is 13.3. The molecule has 0 amide bonds. The molecule has 0 rings (SSSR count). The molecule has 5 nitrogen and oxygen atoms in total. The van der Waals surface area contributed by atoms with Gasteiger partial charge in [0, 0.05) is 32.2 Å². The third kappa shape index (κ3) is 9.87. The molecular weight excluding hydrogens is 242 g/mol. The standard InChI is InChI=1S/C14H31N3O2/c1-11(2)9-17(8-7-16(5)6)10-13(14(18)19)15-12(3)4/h11-13,15H,7-10H2,1-6H3,(H,18,19). The summed E-state index contributed by atoms with van der Waals surface area (Å²) in [5.74, 6) is -0.233. The number of aliphatic carboxylic acids is 1. The summed E-state index contributed by atoms with van der Waals surface area (Å²) in [6.07, 6.45) is 0. The molecule has 0 saturated heterocycles. The average molecular weight is 273 g/mol. The number of nitrogens with one attached hydrogen (secondary N) is 1. The zero-order valence-electron chi connectivity index (χ0n) is 13.3. The van der Waals surface area contributed by atoms with Crippen LogP contribution >= 0.6 is 0 Å². The molecule has 2 N–H and O–H groups in total. The minimum atomic E-state index is -0.771. The average Bonchev–Trinajstić information content (AvgIpc) is 2.23. The van der Waals surface area contributed by atoms with Crippen molar-refractivity contribution in [3.63, 3.8) is 0 Å². The second kappa shape index (κ2) is 9.28. The first-order valence-corrected chi connectivity index (χ1v) is 7.08. The van der Waals surface area contributed by atoms with Crippen molar-refractivity contribution in [3.8, 4) is 0 Å². The van der Waals surface area contributed by atoms with Crippen molar-refractivity contribution in [2.45, 2.75) is 39.8 Å². The third-order valence-electron chi connectivity index (χ3n) is 2.76. The zero-order chi connectivity index (χ0) is 15.0. The molecule has 0 saturated carbocycles. The monoisotopic (exact) mass is 273 g/mol. The summed E-state index contributed by atoms with van der Waals surface area (Å²) in [5, 5.41) is 12.4. The number of hydrogen-bond donors (Lipinski definition) is 2. The van der Waals surface area contributed by atoms with E-state index >= 15 is 0 Å². The molecule has 0 aromatic carbocycles. The van der Waals surface area contributed by atoms with Crippen molar-refractivity contribution < 1.29 is 9.90 Å². The molecule has 5 heteroatoms. The lowest BCUT2D eigenvalue weighted by molar-refractivity contribution is -0.140. The Kier molecular flexibility index (Phi) is 8.97. The maximum absolute atomic E-state index is 11.3. The summed E-state index contributed by atoms with van der Waals surface area (Å²) in [4.78, 5) is 15.7. The fourth-order valence-electron chi connectivity index (χ4n) is 1.98. The number of carboxylic acid groups (broad SMARTS) is 1. The molecule has 0 aliphatic rings. The van der Waals surface area contributed by atoms with Crippen LogP contribution in [0.1, 0.15) is 27.7 Å². The summed E-state index contributed by atoms with van der Waals surface area (Å²) in [5.41, 5.74) is 0. The molecule has 19 heavy (non-hydrogen) atoms. The van der Waals surface area contributed by atoms with Crippen molar-refractivity contribution in [1.29, 1.82) is 0 Å². The first-order valence-electron chi connectivity index (χ1n) is 7.08. The third-order valence-corrected chi connectivity index (χ3v) is 2.76. The highest BCUT2D eigenvalue weighted by Crippen LogP contribution is 2.02. The Bertz CT molecular complexity index is 255. The van der Waals surface area contributed by atoms with E-state index in [0.717, 1.165) is 19.6 Å². The van der Waals surface area contributed by atoms with Gasteiger partial charge < -0.3 is 15.3 Å². The Labute approximate surface area is 118 Å². The van der Waals surface area contributed by atoms with Gasteiger partial charge in [-0.3, -0.25) is 9.69 Å². The Morgan fingerprint density at radius 1 is 1.11 bits per heavy atom. The Balaban J connectivity index is 4.50. The number of likely N-dealkylation sites (N-methyl/N-ethyl adjacent to an activating group) is 1. The molecule has 1 unspecified atom stereocenters. The van der Waals surface area contributed by atoms with Crippen molar-refractivity contribution >= 4 is 5.97 Å². The molecule has 1 atom stereocenters. The van der Waals surface area contributed by atoms with E-state index in [-0.39, 0.29) is 6.04 Å². The van der Waals surface area contributed by atoms with Crippen LogP contribution in [0.4, 0.5) is 0 Å². The molecular formula is C14H31N3O2. The summed E-state index contributed by atoms with van der Waals surface area (Å²) >= 11 is 0. The van der Waals surface area contributed by atoms with E-state index in [2.05, 4.69) is 29.0 Å². The molecule has 0 aliphatic heterocycles. The van der Waals surface area contributed by atoms with Gasteiger partial charge in [-0.05, 0) is 20.0 Å². The van der Waals surface area contributed by atoms with Crippen molar-refractivity contribution in [2.75, 3.05) is 40.3 Å². The van der Waals surface area contributed by atoms with Crippen LogP contribution < -0.4 is 5.32 Å². The minimum Gasteiger partial charge on any atom is -0.480 e. The number of rotatable bonds is 10. The molecule has 0 fully saturated rings. The lowest BCUT2D eigenvalue weighted by Crippen LogP contribution is -2.50. The Morgan fingerprint density at radius 2 is 1.68 bits per heavy atom. The van der Waals surface area contributed by atoms with E-state index in [1.165, 1.54) is 0 Å². The van der Waals surface area contributed by atoms with Gasteiger partial charge in [0.15, 0.2) is 0 Å². The summed E-state index contributed by atoms with van der Waals surface area (Å²) in [7, 11) is 4.07. The molecule has 0 heterocycles. The van der Waals surface area contributed by atoms with E-state index in [1.807, 2.05) is 27.9 Å². The van der Waals surface area contributed by atoms with E-state index in [0.29, 0.717) is 12.5 Å². The van der Waals surface area contributed by atoms with Gasteiger partial charge >= 0.3 is 5.97 Å². The highest BCUT2D eigenvalue weighted by molar-refractivity contribution is 5.73. The topological polar surface area (TPSA) is 55.8 Å². The fraction of sp³-hybridized carbons (Fsp3) is 0.929. The molecule has 0 bridgehead atoms. The predicted molar refractivity (Wildman–Crippen MR) is 79.5 cm³/mol. The van der Waals surface area contributed by atoms with Gasteiger partial charge in [0.1, 0.15) is 6.04 Å². The van der Waals surface area contributed by atoms with E-state index < -0.39 is 12.0 Å². The van der Waals surface area contributed by atoms with Crippen LogP contribution in [0.15, 0.2) is 0 Å². The van der Waals surface area contributed by atoms with Gasteiger partial charge in [-0.15, -0.1) is 0 Å². The van der Waals surface area contributed by atoms with Crippen LogP contribution in [0.3, 0.4) is 0 Å². The van der Waals surface area contributed by atoms with Gasteiger partial charge in [-0.1, -0.05) is 27.7 Å². The highest BCUT2D eigenvalue weighted by atomic mass is 16.4. The molecule has 0 aromatic heterocycles. The van der Waals surface area contributed by atoms with Crippen LogP contribution in [0.2, 0.25) is 0 Å². The molecule has 114 valence electrons. The molecule has 0 radical (unpaired) electrons. The first kappa shape index (κ1) is 18.4. The summed E-state index contributed by atoms with van der Waals surface area (Å²) in [6.45, 7) is 11.6. The summed E-state index contributed by atoms with van der Waals surface area (Å²) < 4.78 is 0. The van der Waals surface area contributed by atoms with Gasteiger partial charge in [0.25, 0.3) is 0 Å². The number of hydrogen-bond acceptors (Lipinski definition) is 4. The van der Waals surface area contributed by atoms with Crippen molar-refractivity contribution in [2.24, 2.45) is 5.92 Å². The van der Waals surface area contributed by atoms with E-state index in [1.54, 1.807) is 0 Å².